The zero-order chi connectivity index (χ0) is 11.1. The highest BCUT2D eigenvalue weighted by Gasteiger charge is 2.30. The summed E-state index contributed by atoms with van der Waals surface area (Å²) in [6, 6.07) is 0. The Bertz CT molecular complexity index is 156. The van der Waals surface area contributed by atoms with Gasteiger partial charge < -0.3 is 10.0 Å². The van der Waals surface area contributed by atoms with Gasteiger partial charge in [0.25, 0.3) is 0 Å². The lowest BCUT2D eigenvalue weighted by atomic mass is 9.74. The summed E-state index contributed by atoms with van der Waals surface area (Å²) in [4.78, 5) is 2.57. The van der Waals surface area contributed by atoms with Crippen LogP contribution in [0.2, 0.25) is 0 Å². The third kappa shape index (κ3) is 3.76. The second-order valence-electron chi connectivity index (χ2n) is 4.98. The first kappa shape index (κ1) is 13.0. The van der Waals surface area contributed by atoms with Crippen molar-refractivity contribution in [3.8, 4) is 0 Å². The quantitative estimate of drug-likeness (QED) is 0.686. The van der Waals surface area contributed by atoms with E-state index in [2.05, 4.69) is 18.7 Å². The van der Waals surface area contributed by atoms with Crippen molar-refractivity contribution in [1.29, 1.82) is 0 Å². The summed E-state index contributed by atoms with van der Waals surface area (Å²) in [6.45, 7) is 8.75. The van der Waals surface area contributed by atoms with Gasteiger partial charge in [0, 0.05) is 6.61 Å². The zero-order valence-corrected chi connectivity index (χ0v) is 10.5. The molecule has 0 atom stereocenters. The minimum Gasteiger partial charge on any atom is -0.396 e. The maximum Gasteiger partial charge on any atom is 0.0431 e. The van der Waals surface area contributed by atoms with Crippen LogP contribution in [-0.2, 0) is 0 Å². The molecule has 15 heavy (non-hydrogen) atoms. The normalized spacial score (nSPS) is 21.8. The predicted molar refractivity (Wildman–Crippen MR) is 65.0 cm³/mol. The maximum absolute atomic E-state index is 8.74. The van der Waals surface area contributed by atoms with Gasteiger partial charge in [-0.05, 0) is 50.7 Å². The number of nitrogens with zero attached hydrogens (tertiary/aromatic N) is 1. The van der Waals surface area contributed by atoms with Gasteiger partial charge in [-0.25, -0.2) is 0 Å². The summed E-state index contributed by atoms with van der Waals surface area (Å²) in [5, 5.41) is 8.74. The summed E-state index contributed by atoms with van der Waals surface area (Å²) >= 11 is 0. The molecule has 2 nitrogen and oxygen atoms in total. The van der Waals surface area contributed by atoms with E-state index in [4.69, 9.17) is 5.11 Å². The third-order valence-electron chi connectivity index (χ3n) is 4.30. The van der Waals surface area contributed by atoms with Crippen molar-refractivity contribution in [2.24, 2.45) is 5.41 Å². The molecule has 1 heterocycles. The smallest absolute Gasteiger partial charge is 0.0431 e. The lowest BCUT2D eigenvalue weighted by molar-refractivity contribution is 0.0931. The average molecular weight is 213 g/mol. The van der Waals surface area contributed by atoms with Crippen molar-refractivity contribution in [2.45, 2.75) is 52.4 Å². The molecule has 0 aliphatic carbocycles. The van der Waals surface area contributed by atoms with Crippen LogP contribution in [0.25, 0.3) is 0 Å². The fraction of sp³-hybridized carbons (Fsp3) is 1.00. The number of likely N-dealkylation sites (tertiary alicyclic amines) is 1. The maximum atomic E-state index is 8.74. The van der Waals surface area contributed by atoms with Crippen LogP contribution in [0.3, 0.4) is 0 Å². The lowest BCUT2D eigenvalue weighted by Crippen LogP contribution is -2.40. The number of hydrogen-bond donors (Lipinski definition) is 1. The first-order chi connectivity index (χ1) is 7.26. The monoisotopic (exact) mass is 213 g/mol. The molecule has 1 rings (SSSR count). The number of unbranched alkanes of at least 4 members (excludes halogenated alkanes) is 1. The van der Waals surface area contributed by atoms with E-state index in [1.807, 2.05) is 0 Å². The summed E-state index contributed by atoms with van der Waals surface area (Å²) in [7, 11) is 0. The van der Waals surface area contributed by atoms with Gasteiger partial charge in [-0.15, -0.1) is 0 Å². The minimum atomic E-state index is 0.349. The molecule has 0 saturated carbocycles. The standard InChI is InChI=1S/C13H27NO/c1-3-13(4-2)7-10-14(11-8-13)9-5-6-12-15/h15H,3-12H2,1-2H3. The van der Waals surface area contributed by atoms with E-state index < -0.39 is 0 Å². The summed E-state index contributed by atoms with van der Waals surface area (Å²) in [5.74, 6) is 0. The number of piperidine rings is 1. The van der Waals surface area contributed by atoms with Crippen LogP contribution in [0.4, 0.5) is 0 Å². The minimum absolute atomic E-state index is 0.349. The molecule has 1 aliphatic heterocycles. The number of hydrogen-bond acceptors (Lipinski definition) is 2. The van der Waals surface area contributed by atoms with Gasteiger partial charge in [0.05, 0.1) is 0 Å². The van der Waals surface area contributed by atoms with Crippen LogP contribution in [0.5, 0.6) is 0 Å². The Kier molecular flexibility index (Phi) is 5.62. The fourth-order valence-electron chi connectivity index (χ4n) is 2.66. The Hall–Kier alpha value is -0.0800. The van der Waals surface area contributed by atoms with Gasteiger partial charge in [-0.3, -0.25) is 0 Å². The molecule has 0 aromatic carbocycles. The van der Waals surface area contributed by atoms with E-state index in [-0.39, 0.29) is 0 Å². The Balaban J connectivity index is 2.22. The molecule has 0 radical (unpaired) electrons. The molecule has 0 unspecified atom stereocenters. The van der Waals surface area contributed by atoms with Gasteiger partial charge in [0.1, 0.15) is 0 Å². The van der Waals surface area contributed by atoms with Crippen molar-refractivity contribution in [3.63, 3.8) is 0 Å². The molecular weight excluding hydrogens is 186 g/mol. The molecule has 90 valence electrons. The van der Waals surface area contributed by atoms with E-state index in [9.17, 15) is 0 Å². The molecule has 0 aromatic rings. The summed E-state index contributed by atoms with van der Waals surface area (Å²) in [5.41, 5.74) is 0.646. The lowest BCUT2D eigenvalue weighted by Gasteiger charge is -2.41. The van der Waals surface area contributed by atoms with Gasteiger partial charge >= 0.3 is 0 Å². The largest absolute Gasteiger partial charge is 0.396 e. The topological polar surface area (TPSA) is 23.5 Å². The van der Waals surface area contributed by atoms with Gasteiger partial charge in [0.15, 0.2) is 0 Å². The van der Waals surface area contributed by atoms with Crippen LogP contribution in [0.15, 0.2) is 0 Å². The first-order valence-corrected chi connectivity index (χ1v) is 6.59. The summed E-state index contributed by atoms with van der Waals surface area (Å²) < 4.78 is 0. The van der Waals surface area contributed by atoms with E-state index in [1.165, 1.54) is 45.3 Å². The molecule has 0 amide bonds. The fourth-order valence-corrected chi connectivity index (χ4v) is 2.66. The van der Waals surface area contributed by atoms with E-state index in [1.54, 1.807) is 0 Å². The highest BCUT2D eigenvalue weighted by Crippen LogP contribution is 2.37. The molecule has 0 aromatic heterocycles. The van der Waals surface area contributed by atoms with E-state index in [0.29, 0.717) is 12.0 Å². The SMILES string of the molecule is CCC1(CC)CCN(CCCCO)CC1. The highest BCUT2D eigenvalue weighted by atomic mass is 16.2. The molecule has 0 spiro atoms. The molecular formula is C13H27NO. The Morgan fingerprint density at radius 2 is 1.67 bits per heavy atom. The molecule has 1 fully saturated rings. The highest BCUT2D eigenvalue weighted by molar-refractivity contribution is 4.83. The Morgan fingerprint density at radius 1 is 1.07 bits per heavy atom. The molecule has 2 heteroatoms. The molecule has 1 N–H and O–H groups in total. The first-order valence-electron chi connectivity index (χ1n) is 6.59. The Morgan fingerprint density at radius 3 is 2.13 bits per heavy atom. The van der Waals surface area contributed by atoms with Crippen LogP contribution in [0.1, 0.15) is 52.4 Å². The van der Waals surface area contributed by atoms with Crippen LogP contribution < -0.4 is 0 Å². The third-order valence-corrected chi connectivity index (χ3v) is 4.30. The molecule has 1 saturated heterocycles. The Labute approximate surface area is 94.7 Å². The number of aliphatic hydroxyl groups excluding tert-OH is 1. The van der Waals surface area contributed by atoms with Crippen molar-refractivity contribution in [1.82, 2.24) is 4.90 Å². The van der Waals surface area contributed by atoms with Gasteiger partial charge in [-0.2, -0.15) is 0 Å². The van der Waals surface area contributed by atoms with E-state index >= 15 is 0 Å². The number of rotatable bonds is 6. The van der Waals surface area contributed by atoms with Crippen LogP contribution >= 0.6 is 0 Å². The molecule has 0 bridgehead atoms. The van der Waals surface area contributed by atoms with Gasteiger partial charge in [0.2, 0.25) is 0 Å². The number of aliphatic hydroxyl groups is 1. The van der Waals surface area contributed by atoms with Crippen molar-refractivity contribution in [3.05, 3.63) is 0 Å². The van der Waals surface area contributed by atoms with Crippen molar-refractivity contribution in [2.75, 3.05) is 26.2 Å². The predicted octanol–water partition coefficient (Wildman–Crippen LogP) is 2.66. The van der Waals surface area contributed by atoms with Crippen molar-refractivity contribution < 1.29 is 5.11 Å². The summed E-state index contributed by atoms with van der Waals surface area (Å²) in [6.07, 6.45) is 7.55. The zero-order valence-electron chi connectivity index (χ0n) is 10.5. The second-order valence-corrected chi connectivity index (χ2v) is 4.98. The second kappa shape index (κ2) is 6.49. The average Bonchev–Trinajstić information content (AvgIpc) is 2.31. The van der Waals surface area contributed by atoms with Crippen LogP contribution in [0, 0.1) is 5.41 Å². The van der Waals surface area contributed by atoms with Crippen molar-refractivity contribution >= 4 is 0 Å². The van der Waals surface area contributed by atoms with Gasteiger partial charge in [-0.1, -0.05) is 26.7 Å². The molecule has 1 aliphatic rings. The van der Waals surface area contributed by atoms with E-state index in [0.717, 1.165) is 12.8 Å². The van der Waals surface area contributed by atoms with Crippen LogP contribution in [-0.4, -0.2) is 36.2 Å².